The van der Waals surface area contributed by atoms with E-state index in [4.69, 9.17) is 4.42 Å². The molecule has 0 aliphatic carbocycles. The number of hydrogen-bond donors (Lipinski definition) is 1. The fourth-order valence-corrected chi connectivity index (χ4v) is 3.22. The minimum Gasteiger partial charge on any atom is -0.422 e. The van der Waals surface area contributed by atoms with Crippen LogP contribution >= 0.6 is 11.3 Å². The molecule has 0 bridgehead atoms. The Hall–Kier alpha value is -3.25. The van der Waals surface area contributed by atoms with E-state index in [2.05, 4.69) is 15.5 Å². The second-order valence-corrected chi connectivity index (χ2v) is 6.56. The molecule has 1 N–H and O–H groups in total. The first-order valence-corrected chi connectivity index (χ1v) is 8.93. The Morgan fingerprint density at radius 2 is 1.88 bits per heavy atom. The predicted octanol–water partition coefficient (Wildman–Crippen LogP) is 4.75. The second kappa shape index (κ2) is 6.93. The fourth-order valence-electron chi connectivity index (χ4n) is 2.56. The Balaban J connectivity index is 1.61. The third kappa shape index (κ3) is 3.27. The largest absolute Gasteiger partial charge is 0.422 e. The summed E-state index contributed by atoms with van der Waals surface area (Å²) in [6, 6.07) is 19.1. The van der Waals surface area contributed by atoms with Gasteiger partial charge in [-0.3, -0.25) is 5.43 Å². The molecule has 0 saturated heterocycles. The number of thiazole rings is 1. The van der Waals surface area contributed by atoms with Crippen molar-refractivity contribution in [1.29, 1.82) is 0 Å². The molecular weight excluding hydrogens is 346 g/mol. The van der Waals surface area contributed by atoms with E-state index in [0.717, 1.165) is 16.7 Å². The number of rotatable bonds is 4. The van der Waals surface area contributed by atoms with Gasteiger partial charge in [-0.25, -0.2) is 9.78 Å². The normalized spacial score (nSPS) is 11.7. The van der Waals surface area contributed by atoms with Crippen molar-refractivity contribution in [3.05, 3.63) is 82.0 Å². The summed E-state index contributed by atoms with van der Waals surface area (Å²) < 4.78 is 5.37. The topological polar surface area (TPSA) is 67.5 Å². The molecule has 0 aliphatic heterocycles. The van der Waals surface area contributed by atoms with Gasteiger partial charge >= 0.3 is 5.63 Å². The Morgan fingerprint density at radius 3 is 2.73 bits per heavy atom. The lowest BCUT2D eigenvalue weighted by Crippen LogP contribution is -2.03. The van der Waals surface area contributed by atoms with E-state index in [1.165, 1.54) is 11.3 Å². The average molecular weight is 361 g/mol. The summed E-state index contributed by atoms with van der Waals surface area (Å²) in [5.41, 5.74) is 6.02. The molecule has 2 aromatic carbocycles. The molecule has 5 nitrogen and oxygen atoms in total. The van der Waals surface area contributed by atoms with Crippen LogP contribution in [0, 0.1) is 0 Å². The van der Waals surface area contributed by atoms with Crippen LogP contribution in [-0.2, 0) is 0 Å². The zero-order chi connectivity index (χ0) is 17.9. The predicted molar refractivity (Wildman–Crippen MR) is 106 cm³/mol. The third-order valence-corrected chi connectivity index (χ3v) is 4.68. The van der Waals surface area contributed by atoms with E-state index < -0.39 is 5.63 Å². The Morgan fingerprint density at radius 1 is 1.12 bits per heavy atom. The van der Waals surface area contributed by atoms with Gasteiger partial charge in [-0.2, -0.15) is 5.10 Å². The first kappa shape index (κ1) is 16.2. The number of anilines is 1. The summed E-state index contributed by atoms with van der Waals surface area (Å²) >= 11 is 1.39. The molecule has 0 saturated carbocycles. The second-order valence-electron chi connectivity index (χ2n) is 5.70. The van der Waals surface area contributed by atoms with Gasteiger partial charge in [0.05, 0.1) is 17.0 Å². The molecule has 0 radical (unpaired) electrons. The number of benzene rings is 2. The Kier molecular flexibility index (Phi) is 4.33. The zero-order valence-corrected chi connectivity index (χ0v) is 14.8. The van der Waals surface area contributed by atoms with Crippen molar-refractivity contribution in [1.82, 2.24) is 4.98 Å². The summed E-state index contributed by atoms with van der Waals surface area (Å²) in [4.78, 5) is 16.7. The molecule has 2 aromatic heterocycles. The molecule has 0 atom stereocenters. The summed E-state index contributed by atoms with van der Waals surface area (Å²) in [6.07, 6.45) is 0. The highest BCUT2D eigenvalue weighted by Crippen LogP contribution is 2.25. The summed E-state index contributed by atoms with van der Waals surface area (Å²) in [5, 5.41) is 7.65. The van der Waals surface area contributed by atoms with Crippen LogP contribution in [0.2, 0.25) is 0 Å². The Labute approximate surface area is 153 Å². The number of hydrogen-bond acceptors (Lipinski definition) is 6. The van der Waals surface area contributed by atoms with E-state index in [1.54, 1.807) is 12.1 Å². The molecule has 0 spiro atoms. The van der Waals surface area contributed by atoms with Gasteiger partial charge < -0.3 is 4.42 Å². The van der Waals surface area contributed by atoms with Crippen molar-refractivity contribution < 1.29 is 4.42 Å². The lowest BCUT2D eigenvalue weighted by Gasteiger charge is -2.01. The molecule has 2 heterocycles. The summed E-state index contributed by atoms with van der Waals surface area (Å²) in [5.74, 6) is 0. The van der Waals surface area contributed by atoms with E-state index in [0.29, 0.717) is 22.0 Å². The highest BCUT2D eigenvalue weighted by molar-refractivity contribution is 7.14. The van der Waals surface area contributed by atoms with Gasteiger partial charge in [0.2, 0.25) is 5.13 Å². The standard InChI is InChI=1S/C20H15N3O2S/c1-13(14-7-3-2-4-8-14)22-23-20-21-17(12-26-20)16-11-15-9-5-6-10-18(15)25-19(16)24/h2-12H,1H3,(H,21,23). The molecule has 0 aliphatic rings. The highest BCUT2D eigenvalue weighted by atomic mass is 32.1. The van der Waals surface area contributed by atoms with Gasteiger partial charge in [0, 0.05) is 10.8 Å². The van der Waals surface area contributed by atoms with Crippen LogP contribution in [0.5, 0.6) is 0 Å². The van der Waals surface area contributed by atoms with Crippen molar-refractivity contribution in [2.45, 2.75) is 6.92 Å². The maximum atomic E-state index is 12.2. The van der Waals surface area contributed by atoms with Crippen LogP contribution in [0.25, 0.3) is 22.2 Å². The summed E-state index contributed by atoms with van der Waals surface area (Å²) in [6.45, 7) is 1.93. The van der Waals surface area contributed by atoms with Crippen LogP contribution in [0.15, 0.2) is 80.4 Å². The SMILES string of the molecule is CC(=NNc1nc(-c2cc3ccccc3oc2=O)cs1)c1ccccc1. The third-order valence-electron chi connectivity index (χ3n) is 3.93. The fraction of sp³-hybridized carbons (Fsp3) is 0.0500. The minimum absolute atomic E-state index is 0.399. The highest BCUT2D eigenvalue weighted by Gasteiger charge is 2.11. The van der Waals surface area contributed by atoms with Gasteiger partial charge in [0.1, 0.15) is 5.58 Å². The van der Waals surface area contributed by atoms with E-state index >= 15 is 0 Å². The lowest BCUT2D eigenvalue weighted by molar-refractivity contribution is 0.563. The number of para-hydroxylation sites is 1. The van der Waals surface area contributed by atoms with Crippen LogP contribution in [0.4, 0.5) is 5.13 Å². The summed E-state index contributed by atoms with van der Waals surface area (Å²) in [7, 11) is 0. The zero-order valence-electron chi connectivity index (χ0n) is 14.0. The quantitative estimate of drug-likeness (QED) is 0.323. The first-order chi connectivity index (χ1) is 12.7. The van der Waals surface area contributed by atoms with Crippen LogP contribution in [0.1, 0.15) is 12.5 Å². The van der Waals surface area contributed by atoms with Gasteiger partial charge in [-0.05, 0) is 24.6 Å². The average Bonchev–Trinajstić information content (AvgIpc) is 3.15. The van der Waals surface area contributed by atoms with Gasteiger partial charge in [-0.15, -0.1) is 11.3 Å². The van der Waals surface area contributed by atoms with Gasteiger partial charge in [0.25, 0.3) is 0 Å². The van der Waals surface area contributed by atoms with Crippen LogP contribution in [0.3, 0.4) is 0 Å². The molecule has 4 rings (SSSR count). The minimum atomic E-state index is -0.399. The van der Waals surface area contributed by atoms with Gasteiger partial charge in [0.15, 0.2) is 0 Å². The number of nitrogens with one attached hydrogen (secondary N) is 1. The molecule has 0 amide bonds. The molecule has 0 unspecified atom stereocenters. The van der Waals surface area contributed by atoms with E-state index in [1.807, 2.05) is 60.8 Å². The van der Waals surface area contributed by atoms with Crippen molar-refractivity contribution in [3.8, 4) is 11.3 Å². The Bertz CT molecular complexity index is 1150. The van der Waals surface area contributed by atoms with Crippen molar-refractivity contribution in [3.63, 3.8) is 0 Å². The molecular formula is C20H15N3O2S. The van der Waals surface area contributed by atoms with E-state index in [9.17, 15) is 4.79 Å². The number of aromatic nitrogens is 1. The van der Waals surface area contributed by atoms with Crippen molar-refractivity contribution in [2.75, 3.05) is 5.43 Å². The lowest BCUT2D eigenvalue weighted by atomic mass is 10.1. The number of nitrogens with zero attached hydrogens (tertiary/aromatic N) is 2. The smallest absolute Gasteiger partial charge is 0.345 e. The number of fused-ring (bicyclic) bond motifs is 1. The van der Waals surface area contributed by atoms with Crippen LogP contribution < -0.4 is 11.1 Å². The van der Waals surface area contributed by atoms with Crippen LogP contribution in [-0.4, -0.2) is 10.7 Å². The van der Waals surface area contributed by atoms with E-state index in [-0.39, 0.29) is 0 Å². The molecule has 128 valence electrons. The maximum absolute atomic E-state index is 12.2. The molecule has 0 fully saturated rings. The molecule has 4 aromatic rings. The monoisotopic (exact) mass is 361 g/mol. The number of hydrazone groups is 1. The first-order valence-electron chi connectivity index (χ1n) is 8.05. The molecule has 26 heavy (non-hydrogen) atoms. The van der Waals surface area contributed by atoms with Crippen molar-refractivity contribution >= 4 is 33.1 Å². The van der Waals surface area contributed by atoms with Gasteiger partial charge in [-0.1, -0.05) is 48.5 Å². The van der Waals surface area contributed by atoms with Crippen molar-refractivity contribution in [2.24, 2.45) is 5.10 Å². The maximum Gasteiger partial charge on any atom is 0.345 e. The molecule has 6 heteroatoms.